The summed E-state index contributed by atoms with van der Waals surface area (Å²) in [6.07, 6.45) is 1.67. The Morgan fingerprint density at radius 2 is 2.00 bits per heavy atom. The van der Waals surface area contributed by atoms with Crippen LogP contribution >= 0.6 is 45.2 Å². The van der Waals surface area contributed by atoms with Crippen molar-refractivity contribution in [2.75, 3.05) is 6.61 Å². The maximum absolute atomic E-state index is 11.0. The van der Waals surface area contributed by atoms with E-state index in [0.717, 1.165) is 12.9 Å². The number of carbonyl (C=O) groups is 1. The van der Waals surface area contributed by atoms with Crippen molar-refractivity contribution >= 4 is 51.1 Å². The smallest absolute Gasteiger partial charge is 0.248 e. The van der Waals surface area contributed by atoms with Crippen molar-refractivity contribution in [2.24, 2.45) is 5.73 Å². The lowest BCUT2D eigenvalue weighted by molar-refractivity contribution is 0.1000. The number of benzene rings is 1. The van der Waals surface area contributed by atoms with Crippen LogP contribution < -0.4 is 10.5 Å². The molecule has 3 nitrogen and oxygen atoms in total. The molecule has 15 heavy (non-hydrogen) atoms. The van der Waals surface area contributed by atoms with E-state index < -0.39 is 5.91 Å². The van der Waals surface area contributed by atoms with Gasteiger partial charge in [0.2, 0.25) is 5.91 Å². The highest BCUT2D eigenvalue weighted by Gasteiger charge is 2.10. The van der Waals surface area contributed by atoms with Gasteiger partial charge in [-0.15, -0.1) is 0 Å². The molecule has 0 unspecified atom stereocenters. The fraction of sp³-hybridized carbons (Fsp3) is 0.100. The first-order chi connectivity index (χ1) is 7.06. The predicted octanol–water partition coefficient (Wildman–Crippen LogP) is 2.56. The molecule has 1 aromatic rings. The molecule has 80 valence electrons. The van der Waals surface area contributed by atoms with E-state index in [0.29, 0.717) is 12.2 Å². The van der Waals surface area contributed by atoms with Gasteiger partial charge in [0.25, 0.3) is 0 Å². The van der Waals surface area contributed by atoms with Crippen molar-refractivity contribution in [3.8, 4) is 5.75 Å². The number of halogens is 2. The summed E-state index contributed by atoms with van der Waals surface area (Å²) in [6.45, 7) is 4.02. The Kier molecular flexibility index (Phi) is 4.84. The van der Waals surface area contributed by atoms with Crippen LogP contribution in [0.2, 0.25) is 0 Å². The Balaban J connectivity index is 3.09. The van der Waals surface area contributed by atoms with Gasteiger partial charge in [-0.2, -0.15) is 0 Å². The van der Waals surface area contributed by atoms with E-state index in [2.05, 4.69) is 51.8 Å². The molecule has 0 bridgehead atoms. The molecule has 0 atom stereocenters. The number of hydrogen-bond donors (Lipinski definition) is 1. The Morgan fingerprint density at radius 1 is 1.47 bits per heavy atom. The van der Waals surface area contributed by atoms with Gasteiger partial charge in [-0.25, -0.2) is 0 Å². The summed E-state index contributed by atoms with van der Waals surface area (Å²) in [5.41, 5.74) is 5.69. The number of nitrogens with two attached hydrogens (primary N) is 1. The van der Waals surface area contributed by atoms with Crippen LogP contribution in [-0.4, -0.2) is 12.5 Å². The van der Waals surface area contributed by atoms with Gasteiger partial charge in [0.1, 0.15) is 12.4 Å². The summed E-state index contributed by atoms with van der Waals surface area (Å²) in [7, 11) is 0. The quantitative estimate of drug-likeness (QED) is 0.592. The highest BCUT2D eigenvalue weighted by atomic mass is 127. The molecule has 0 spiro atoms. The number of carbonyl (C=O) groups excluding carboxylic acids is 1. The summed E-state index contributed by atoms with van der Waals surface area (Å²) in [4.78, 5) is 11.0. The Labute approximate surface area is 115 Å². The highest BCUT2D eigenvalue weighted by molar-refractivity contribution is 14.1. The molecule has 0 saturated carbocycles. The van der Waals surface area contributed by atoms with E-state index in [1.807, 2.05) is 0 Å². The summed E-state index contributed by atoms with van der Waals surface area (Å²) in [6, 6.07) is 3.42. The number of rotatable bonds is 4. The van der Waals surface area contributed by atoms with Gasteiger partial charge >= 0.3 is 0 Å². The lowest BCUT2D eigenvalue weighted by Gasteiger charge is -2.09. The topological polar surface area (TPSA) is 52.3 Å². The average Bonchev–Trinajstić information content (AvgIpc) is 2.16. The van der Waals surface area contributed by atoms with Crippen molar-refractivity contribution in [1.82, 2.24) is 0 Å². The van der Waals surface area contributed by atoms with Crippen molar-refractivity contribution in [3.63, 3.8) is 0 Å². The summed E-state index contributed by atoms with van der Waals surface area (Å²) in [5.74, 6) is 0.335. The molecule has 0 saturated heterocycles. The second-order valence-corrected chi connectivity index (χ2v) is 5.06. The van der Waals surface area contributed by atoms with Crippen LogP contribution in [0.5, 0.6) is 5.75 Å². The maximum atomic E-state index is 11.0. The number of ether oxygens (including phenoxy) is 1. The van der Waals surface area contributed by atoms with Crippen LogP contribution in [0.15, 0.2) is 24.8 Å². The zero-order chi connectivity index (χ0) is 11.4. The molecule has 0 aromatic heterocycles. The van der Waals surface area contributed by atoms with Crippen molar-refractivity contribution in [1.29, 1.82) is 0 Å². The molecule has 0 fully saturated rings. The molecular formula is C10H9I2NO2. The van der Waals surface area contributed by atoms with Gasteiger partial charge in [-0.1, -0.05) is 12.7 Å². The lowest BCUT2D eigenvalue weighted by Crippen LogP contribution is -2.12. The Hall–Kier alpha value is -0.310. The largest absolute Gasteiger partial charge is 0.487 e. The molecule has 1 amide bonds. The second-order valence-electron chi connectivity index (χ2n) is 2.73. The molecular weight excluding hydrogens is 420 g/mol. The minimum absolute atomic E-state index is 0.430. The van der Waals surface area contributed by atoms with E-state index in [1.165, 1.54) is 0 Å². The fourth-order valence-electron chi connectivity index (χ4n) is 0.982. The minimum Gasteiger partial charge on any atom is -0.487 e. The number of hydrogen-bond acceptors (Lipinski definition) is 2. The van der Waals surface area contributed by atoms with E-state index in [4.69, 9.17) is 10.5 Å². The minimum atomic E-state index is -0.430. The Bertz CT molecular complexity index is 381. The summed E-state index contributed by atoms with van der Waals surface area (Å²) >= 11 is 4.23. The first kappa shape index (κ1) is 12.8. The third-order valence-electron chi connectivity index (χ3n) is 1.63. The average molecular weight is 429 g/mol. The van der Waals surface area contributed by atoms with Gasteiger partial charge in [0.05, 0.1) is 7.14 Å². The van der Waals surface area contributed by atoms with Gasteiger partial charge in [-0.05, 0) is 57.3 Å². The van der Waals surface area contributed by atoms with Crippen LogP contribution in [0.1, 0.15) is 10.4 Å². The van der Waals surface area contributed by atoms with Crippen LogP contribution in [-0.2, 0) is 0 Å². The zero-order valence-corrected chi connectivity index (χ0v) is 12.1. The van der Waals surface area contributed by atoms with E-state index in [9.17, 15) is 4.79 Å². The molecule has 0 aliphatic heterocycles. The highest BCUT2D eigenvalue weighted by Crippen LogP contribution is 2.28. The van der Waals surface area contributed by atoms with E-state index >= 15 is 0 Å². The normalized spacial score (nSPS) is 9.73. The van der Waals surface area contributed by atoms with Gasteiger partial charge in [-0.3, -0.25) is 4.79 Å². The molecule has 2 N–H and O–H groups in total. The standard InChI is InChI=1S/C10H9I2NO2/c1-2-3-15-9-7(11)4-6(10(13)14)5-8(9)12/h2,4-5H,1,3H2,(H2,13,14). The second kappa shape index (κ2) is 5.69. The molecule has 0 radical (unpaired) electrons. The predicted molar refractivity (Wildman–Crippen MR) is 76.1 cm³/mol. The maximum Gasteiger partial charge on any atom is 0.248 e. The SMILES string of the molecule is C=CCOc1c(I)cc(C(N)=O)cc1I. The van der Waals surface area contributed by atoms with Gasteiger partial charge in [0, 0.05) is 5.56 Å². The monoisotopic (exact) mass is 429 g/mol. The van der Waals surface area contributed by atoms with Crippen molar-refractivity contribution in [2.45, 2.75) is 0 Å². The third kappa shape index (κ3) is 3.33. The molecule has 1 aromatic carbocycles. The van der Waals surface area contributed by atoms with Crippen LogP contribution in [0, 0.1) is 7.14 Å². The molecule has 1 rings (SSSR count). The molecule has 0 heterocycles. The molecule has 0 aliphatic carbocycles. The molecule has 0 aliphatic rings. The van der Waals surface area contributed by atoms with Crippen LogP contribution in [0.25, 0.3) is 0 Å². The van der Waals surface area contributed by atoms with Crippen molar-refractivity contribution in [3.05, 3.63) is 37.5 Å². The van der Waals surface area contributed by atoms with Crippen LogP contribution in [0.3, 0.4) is 0 Å². The third-order valence-corrected chi connectivity index (χ3v) is 3.23. The van der Waals surface area contributed by atoms with E-state index in [-0.39, 0.29) is 0 Å². The van der Waals surface area contributed by atoms with Crippen LogP contribution in [0.4, 0.5) is 0 Å². The number of amides is 1. The van der Waals surface area contributed by atoms with Crippen molar-refractivity contribution < 1.29 is 9.53 Å². The zero-order valence-electron chi connectivity index (χ0n) is 7.80. The van der Waals surface area contributed by atoms with E-state index in [1.54, 1.807) is 18.2 Å². The Morgan fingerprint density at radius 3 is 2.40 bits per heavy atom. The van der Waals surface area contributed by atoms with Gasteiger partial charge in [0.15, 0.2) is 0 Å². The first-order valence-electron chi connectivity index (χ1n) is 4.08. The summed E-state index contributed by atoms with van der Waals surface area (Å²) in [5, 5.41) is 0. The number of primary amides is 1. The first-order valence-corrected chi connectivity index (χ1v) is 6.24. The fourth-order valence-corrected chi connectivity index (χ4v) is 3.06. The molecule has 5 heteroatoms. The van der Waals surface area contributed by atoms with Gasteiger partial charge < -0.3 is 10.5 Å². The summed E-state index contributed by atoms with van der Waals surface area (Å²) < 4.78 is 7.21. The lowest BCUT2D eigenvalue weighted by atomic mass is 10.2.